The number of hydrogen-bond donors (Lipinski definition) is 0. The Bertz CT molecular complexity index is 160. The van der Waals surface area contributed by atoms with Gasteiger partial charge in [0.05, 0.1) is 13.0 Å². The fraction of sp³-hybridized carbons (Fsp3) is 0.923. The molecule has 0 spiro atoms. The van der Waals surface area contributed by atoms with Crippen LogP contribution in [0.25, 0.3) is 0 Å². The Labute approximate surface area is 108 Å². The molecule has 96 valence electrons. The third-order valence-electron chi connectivity index (χ3n) is 2.56. The van der Waals surface area contributed by atoms with E-state index in [0.29, 0.717) is 18.4 Å². The highest BCUT2D eigenvalue weighted by Gasteiger charge is 1.99. The van der Waals surface area contributed by atoms with E-state index in [-0.39, 0.29) is 5.97 Å². The van der Waals surface area contributed by atoms with E-state index in [4.69, 9.17) is 4.74 Å². The third kappa shape index (κ3) is 12.0. The van der Waals surface area contributed by atoms with Crippen molar-refractivity contribution in [3.8, 4) is 0 Å². The minimum atomic E-state index is -0.0835. The molecule has 0 aliphatic rings. The standard InChI is InChI=1S/C13H25BrO2/c1-2-3-4-5-6-7-8-9-12-16-13(15)10-11-14/h2-12H2,1H3. The molecule has 0 aromatic heterocycles. The molecule has 0 aliphatic carbocycles. The molecule has 0 saturated heterocycles. The predicted molar refractivity (Wildman–Crippen MR) is 72.0 cm³/mol. The van der Waals surface area contributed by atoms with Crippen molar-refractivity contribution >= 4 is 21.9 Å². The van der Waals surface area contributed by atoms with Crippen LogP contribution in [0.1, 0.15) is 64.7 Å². The molecule has 0 aromatic rings. The number of carbonyl (C=O) groups is 1. The largest absolute Gasteiger partial charge is 0.466 e. The first-order valence-electron chi connectivity index (χ1n) is 6.52. The maximum Gasteiger partial charge on any atom is 0.306 e. The van der Waals surface area contributed by atoms with Gasteiger partial charge in [-0.25, -0.2) is 0 Å². The summed E-state index contributed by atoms with van der Waals surface area (Å²) in [5.74, 6) is -0.0835. The Balaban J connectivity index is 3.01. The topological polar surface area (TPSA) is 26.3 Å². The van der Waals surface area contributed by atoms with Crippen molar-refractivity contribution < 1.29 is 9.53 Å². The molecule has 0 rings (SSSR count). The summed E-state index contributed by atoms with van der Waals surface area (Å²) in [5.41, 5.74) is 0. The van der Waals surface area contributed by atoms with Crippen LogP contribution in [0, 0.1) is 0 Å². The van der Waals surface area contributed by atoms with Crippen molar-refractivity contribution in [2.24, 2.45) is 0 Å². The molecule has 0 amide bonds. The monoisotopic (exact) mass is 292 g/mol. The van der Waals surface area contributed by atoms with Gasteiger partial charge in [0.2, 0.25) is 0 Å². The number of ether oxygens (including phenoxy) is 1. The smallest absolute Gasteiger partial charge is 0.306 e. The van der Waals surface area contributed by atoms with Crippen LogP contribution in [-0.4, -0.2) is 17.9 Å². The summed E-state index contributed by atoms with van der Waals surface area (Å²) in [4.78, 5) is 11.0. The molecule has 0 saturated carbocycles. The van der Waals surface area contributed by atoms with E-state index in [1.807, 2.05) is 0 Å². The minimum absolute atomic E-state index is 0.0835. The van der Waals surface area contributed by atoms with Crippen LogP contribution in [0.15, 0.2) is 0 Å². The van der Waals surface area contributed by atoms with Gasteiger partial charge in [-0.1, -0.05) is 67.8 Å². The summed E-state index contributed by atoms with van der Waals surface area (Å²) in [6.45, 7) is 2.84. The molecule has 0 aliphatic heterocycles. The lowest BCUT2D eigenvalue weighted by atomic mass is 10.1. The van der Waals surface area contributed by atoms with Gasteiger partial charge in [-0.2, -0.15) is 0 Å². The Kier molecular flexibility index (Phi) is 13.0. The summed E-state index contributed by atoms with van der Waals surface area (Å²) in [6.07, 6.45) is 10.7. The molecule has 0 atom stereocenters. The van der Waals surface area contributed by atoms with E-state index in [2.05, 4.69) is 22.9 Å². The SMILES string of the molecule is CCCCCCCCCCOC(=O)CCBr. The van der Waals surface area contributed by atoms with Gasteiger partial charge >= 0.3 is 5.97 Å². The fourth-order valence-corrected chi connectivity index (χ4v) is 1.90. The average Bonchev–Trinajstić information content (AvgIpc) is 2.27. The maximum atomic E-state index is 11.0. The second-order valence-electron chi connectivity index (χ2n) is 4.13. The third-order valence-corrected chi connectivity index (χ3v) is 2.96. The van der Waals surface area contributed by atoms with Crippen molar-refractivity contribution in [3.63, 3.8) is 0 Å². The quantitative estimate of drug-likeness (QED) is 0.319. The first-order chi connectivity index (χ1) is 7.81. The van der Waals surface area contributed by atoms with Crippen LogP contribution in [-0.2, 0) is 9.53 Å². The maximum absolute atomic E-state index is 11.0. The lowest BCUT2D eigenvalue weighted by Gasteiger charge is -2.03. The Morgan fingerprint density at radius 2 is 1.56 bits per heavy atom. The number of unbranched alkanes of at least 4 members (excludes halogenated alkanes) is 7. The number of alkyl halides is 1. The molecule has 0 heterocycles. The minimum Gasteiger partial charge on any atom is -0.466 e. The second-order valence-corrected chi connectivity index (χ2v) is 4.93. The Hall–Kier alpha value is -0.0500. The number of rotatable bonds is 11. The predicted octanol–water partition coefficient (Wildman–Crippen LogP) is 4.46. The summed E-state index contributed by atoms with van der Waals surface area (Å²) in [7, 11) is 0. The van der Waals surface area contributed by atoms with Crippen molar-refractivity contribution in [1.29, 1.82) is 0 Å². The van der Waals surface area contributed by atoms with Crippen molar-refractivity contribution in [3.05, 3.63) is 0 Å². The highest BCUT2D eigenvalue weighted by Crippen LogP contribution is 2.08. The molecule has 2 nitrogen and oxygen atoms in total. The van der Waals surface area contributed by atoms with Gasteiger partial charge < -0.3 is 4.74 Å². The van der Waals surface area contributed by atoms with Crippen molar-refractivity contribution in [2.45, 2.75) is 64.7 Å². The number of carbonyl (C=O) groups excluding carboxylic acids is 1. The lowest BCUT2D eigenvalue weighted by molar-refractivity contribution is -0.143. The summed E-state index contributed by atoms with van der Waals surface area (Å²) < 4.78 is 5.06. The summed E-state index contributed by atoms with van der Waals surface area (Å²) in [5, 5.41) is 0.698. The summed E-state index contributed by atoms with van der Waals surface area (Å²) >= 11 is 3.21. The molecule has 0 bridgehead atoms. The number of halogens is 1. The van der Waals surface area contributed by atoms with E-state index in [1.165, 1.54) is 44.9 Å². The van der Waals surface area contributed by atoms with Crippen LogP contribution in [0.3, 0.4) is 0 Å². The zero-order valence-corrected chi connectivity index (χ0v) is 12.1. The highest BCUT2D eigenvalue weighted by atomic mass is 79.9. The zero-order chi connectivity index (χ0) is 12.1. The van der Waals surface area contributed by atoms with Gasteiger partial charge in [0, 0.05) is 5.33 Å². The van der Waals surface area contributed by atoms with Crippen LogP contribution < -0.4 is 0 Å². The van der Waals surface area contributed by atoms with Gasteiger partial charge in [-0.3, -0.25) is 4.79 Å². The molecule has 0 fully saturated rings. The van der Waals surface area contributed by atoms with Crippen LogP contribution in [0.2, 0.25) is 0 Å². The lowest BCUT2D eigenvalue weighted by Crippen LogP contribution is -2.05. The highest BCUT2D eigenvalue weighted by molar-refractivity contribution is 9.09. The van der Waals surface area contributed by atoms with E-state index >= 15 is 0 Å². The molecule has 0 radical (unpaired) electrons. The first-order valence-corrected chi connectivity index (χ1v) is 7.65. The second kappa shape index (κ2) is 13.0. The van der Waals surface area contributed by atoms with Crippen LogP contribution in [0.5, 0.6) is 0 Å². The van der Waals surface area contributed by atoms with Gasteiger partial charge in [-0.15, -0.1) is 0 Å². The molecule has 0 aromatic carbocycles. The van der Waals surface area contributed by atoms with Gasteiger partial charge in [0.1, 0.15) is 0 Å². The summed E-state index contributed by atoms with van der Waals surface area (Å²) in [6, 6.07) is 0. The van der Waals surface area contributed by atoms with Crippen molar-refractivity contribution in [1.82, 2.24) is 0 Å². The van der Waals surface area contributed by atoms with E-state index in [0.717, 1.165) is 6.42 Å². The molecular weight excluding hydrogens is 268 g/mol. The molecular formula is C13H25BrO2. The average molecular weight is 293 g/mol. The van der Waals surface area contributed by atoms with Crippen LogP contribution in [0.4, 0.5) is 0 Å². The molecule has 16 heavy (non-hydrogen) atoms. The fourth-order valence-electron chi connectivity index (χ4n) is 1.57. The number of hydrogen-bond acceptors (Lipinski definition) is 2. The Morgan fingerprint density at radius 1 is 1.00 bits per heavy atom. The van der Waals surface area contributed by atoms with E-state index < -0.39 is 0 Å². The van der Waals surface area contributed by atoms with E-state index in [1.54, 1.807) is 0 Å². The van der Waals surface area contributed by atoms with Crippen LogP contribution >= 0.6 is 15.9 Å². The van der Waals surface area contributed by atoms with Gasteiger partial charge in [0.25, 0.3) is 0 Å². The normalized spacial score (nSPS) is 10.4. The van der Waals surface area contributed by atoms with Crippen molar-refractivity contribution in [2.75, 3.05) is 11.9 Å². The van der Waals surface area contributed by atoms with Gasteiger partial charge in [-0.05, 0) is 6.42 Å². The zero-order valence-electron chi connectivity index (χ0n) is 10.5. The molecule has 0 N–H and O–H groups in total. The number of esters is 1. The molecule has 3 heteroatoms. The molecule has 0 unspecified atom stereocenters. The first kappa shape index (κ1) is 16.0. The van der Waals surface area contributed by atoms with Gasteiger partial charge in [0.15, 0.2) is 0 Å². The Morgan fingerprint density at radius 3 is 2.12 bits per heavy atom. The van der Waals surface area contributed by atoms with E-state index in [9.17, 15) is 4.79 Å².